The Kier molecular flexibility index (Phi) is 2.53. The number of carbonyl (C=O) groups is 2. The van der Waals surface area contributed by atoms with E-state index in [0.717, 1.165) is 4.90 Å². The highest BCUT2D eigenvalue weighted by Crippen LogP contribution is 2.21. The minimum atomic E-state index is -1.56. The van der Waals surface area contributed by atoms with Crippen LogP contribution in [-0.2, 0) is 11.3 Å². The largest absolute Gasteiger partial charge is 0.488 e. The Labute approximate surface area is 92.4 Å². The van der Waals surface area contributed by atoms with E-state index < -0.39 is 7.12 Å². The summed E-state index contributed by atoms with van der Waals surface area (Å²) in [5, 5.41) is 18.0. The number of carbonyl (C=O) groups excluding carboxylic acids is 2. The maximum absolute atomic E-state index is 11.7. The number of fused-ring (bicyclic) bond motifs is 1. The predicted molar refractivity (Wildman–Crippen MR) is 56.8 cm³/mol. The van der Waals surface area contributed by atoms with Crippen LogP contribution in [0.25, 0.3) is 0 Å². The van der Waals surface area contributed by atoms with Gasteiger partial charge in [-0.3, -0.25) is 14.5 Å². The molecule has 0 aromatic heterocycles. The number of hydrogen-bond donors (Lipinski definition) is 2. The van der Waals surface area contributed by atoms with E-state index in [1.54, 1.807) is 0 Å². The van der Waals surface area contributed by atoms with Crippen LogP contribution in [-0.4, -0.2) is 33.9 Å². The van der Waals surface area contributed by atoms with E-state index in [9.17, 15) is 9.59 Å². The molecule has 82 valence electrons. The zero-order valence-electron chi connectivity index (χ0n) is 8.67. The first-order valence-electron chi connectivity index (χ1n) is 4.82. The van der Waals surface area contributed by atoms with E-state index in [4.69, 9.17) is 10.0 Å². The van der Waals surface area contributed by atoms with Gasteiger partial charge in [0.05, 0.1) is 6.54 Å². The molecule has 0 unspecified atom stereocenters. The molecule has 0 bridgehead atoms. The van der Waals surface area contributed by atoms with Gasteiger partial charge in [-0.25, -0.2) is 0 Å². The molecule has 0 saturated heterocycles. The van der Waals surface area contributed by atoms with Gasteiger partial charge in [0.2, 0.25) is 5.91 Å². The monoisotopic (exact) mass is 219 g/mol. The lowest BCUT2D eigenvalue weighted by atomic mass is 9.79. The van der Waals surface area contributed by atoms with Gasteiger partial charge in [0, 0.05) is 12.5 Å². The van der Waals surface area contributed by atoms with E-state index >= 15 is 0 Å². The number of imide groups is 1. The molecule has 1 aromatic rings. The lowest BCUT2D eigenvalue weighted by molar-refractivity contribution is -0.126. The van der Waals surface area contributed by atoms with Crippen molar-refractivity contribution in [3.8, 4) is 0 Å². The first-order chi connectivity index (χ1) is 7.50. The number of rotatable bonds is 1. The van der Waals surface area contributed by atoms with Crippen molar-refractivity contribution in [1.82, 2.24) is 4.90 Å². The zero-order chi connectivity index (χ0) is 11.9. The molecule has 0 fully saturated rings. The lowest BCUT2D eigenvalue weighted by Crippen LogP contribution is -2.30. The molecule has 1 aromatic carbocycles. The van der Waals surface area contributed by atoms with Crippen molar-refractivity contribution in [3.05, 3.63) is 29.3 Å². The molecule has 2 N–H and O–H groups in total. The van der Waals surface area contributed by atoms with Crippen LogP contribution in [0.15, 0.2) is 18.2 Å². The second kappa shape index (κ2) is 3.73. The van der Waals surface area contributed by atoms with Crippen LogP contribution in [0.5, 0.6) is 0 Å². The quantitative estimate of drug-likeness (QED) is 0.585. The van der Waals surface area contributed by atoms with Crippen molar-refractivity contribution < 1.29 is 19.6 Å². The first kappa shape index (κ1) is 10.8. The molecule has 16 heavy (non-hydrogen) atoms. The molecule has 1 aliphatic heterocycles. The summed E-state index contributed by atoms with van der Waals surface area (Å²) in [5.74, 6) is -0.645. The third kappa shape index (κ3) is 1.62. The molecule has 5 nitrogen and oxygen atoms in total. The number of benzene rings is 1. The fourth-order valence-corrected chi connectivity index (χ4v) is 1.76. The summed E-state index contributed by atoms with van der Waals surface area (Å²) in [4.78, 5) is 24.0. The summed E-state index contributed by atoms with van der Waals surface area (Å²) in [5.41, 5.74) is 1.40. The predicted octanol–water partition coefficient (Wildman–Crippen LogP) is -1.13. The molecular weight excluding hydrogens is 209 g/mol. The smallest absolute Gasteiger partial charge is 0.423 e. The molecule has 0 radical (unpaired) electrons. The number of amides is 2. The van der Waals surface area contributed by atoms with Crippen molar-refractivity contribution in [3.63, 3.8) is 0 Å². The normalized spacial score (nSPS) is 13.9. The maximum atomic E-state index is 11.7. The van der Waals surface area contributed by atoms with E-state index in [1.165, 1.54) is 25.1 Å². The molecule has 0 spiro atoms. The summed E-state index contributed by atoms with van der Waals surface area (Å²) in [6, 6.07) is 4.50. The fraction of sp³-hybridized carbons (Fsp3) is 0.200. The van der Waals surface area contributed by atoms with Gasteiger partial charge < -0.3 is 10.0 Å². The Morgan fingerprint density at radius 2 is 2.12 bits per heavy atom. The van der Waals surface area contributed by atoms with Gasteiger partial charge in [-0.1, -0.05) is 12.1 Å². The van der Waals surface area contributed by atoms with Crippen LogP contribution in [0.4, 0.5) is 0 Å². The summed E-state index contributed by atoms with van der Waals surface area (Å²) in [6.07, 6.45) is 0. The second-order valence-corrected chi connectivity index (χ2v) is 3.70. The summed E-state index contributed by atoms with van der Waals surface area (Å²) < 4.78 is 0. The molecule has 1 heterocycles. The van der Waals surface area contributed by atoms with Gasteiger partial charge in [0.25, 0.3) is 5.91 Å². The van der Waals surface area contributed by atoms with Gasteiger partial charge in [0.1, 0.15) is 0 Å². The van der Waals surface area contributed by atoms with Gasteiger partial charge in [0.15, 0.2) is 0 Å². The first-order valence-corrected chi connectivity index (χ1v) is 4.82. The Bertz CT molecular complexity index is 472. The Hall–Kier alpha value is -1.66. The summed E-state index contributed by atoms with van der Waals surface area (Å²) in [7, 11) is -1.56. The lowest BCUT2D eigenvalue weighted by Gasteiger charge is -2.08. The fourth-order valence-electron chi connectivity index (χ4n) is 1.76. The van der Waals surface area contributed by atoms with Crippen LogP contribution in [0, 0.1) is 0 Å². The van der Waals surface area contributed by atoms with Gasteiger partial charge >= 0.3 is 7.12 Å². The average molecular weight is 219 g/mol. The molecular formula is C10H10BNO4. The highest BCUT2D eigenvalue weighted by atomic mass is 16.4. The number of hydrogen-bond acceptors (Lipinski definition) is 4. The zero-order valence-corrected chi connectivity index (χ0v) is 8.67. The van der Waals surface area contributed by atoms with Crippen molar-refractivity contribution in [2.75, 3.05) is 0 Å². The average Bonchev–Trinajstić information content (AvgIpc) is 2.55. The molecule has 0 aliphatic carbocycles. The molecule has 2 rings (SSSR count). The Morgan fingerprint density at radius 1 is 1.44 bits per heavy atom. The third-order valence-corrected chi connectivity index (χ3v) is 2.61. The highest BCUT2D eigenvalue weighted by Gasteiger charge is 2.30. The summed E-state index contributed by atoms with van der Waals surface area (Å²) >= 11 is 0. The topological polar surface area (TPSA) is 77.8 Å². The summed E-state index contributed by atoms with van der Waals surface area (Å²) in [6.45, 7) is 1.52. The Balaban J connectivity index is 2.40. The van der Waals surface area contributed by atoms with Crippen LogP contribution in [0.1, 0.15) is 22.8 Å². The van der Waals surface area contributed by atoms with E-state index in [-0.39, 0.29) is 18.4 Å². The molecule has 6 heteroatoms. The molecule has 2 amide bonds. The van der Waals surface area contributed by atoms with E-state index in [1.807, 2.05) is 0 Å². The Morgan fingerprint density at radius 3 is 2.69 bits per heavy atom. The molecule has 0 atom stereocenters. The van der Waals surface area contributed by atoms with E-state index in [2.05, 4.69) is 0 Å². The van der Waals surface area contributed by atoms with Crippen LogP contribution in [0.2, 0.25) is 0 Å². The van der Waals surface area contributed by atoms with Crippen LogP contribution >= 0.6 is 0 Å². The number of nitrogens with zero attached hydrogens (tertiary/aromatic N) is 1. The van der Waals surface area contributed by atoms with Crippen molar-refractivity contribution in [2.24, 2.45) is 0 Å². The molecule has 1 aliphatic rings. The van der Waals surface area contributed by atoms with Crippen LogP contribution in [0.3, 0.4) is 0 Å². The van der Waals surface area contributed by atoms with Gasteiger partial charge in [-0.05, 0) is 17.1 Å². The van der Waals surface area contributed by atoms with Crippen LogP contribution < -0.4 is 5.46 Å². The standard InChI is InChI=1S/C10H10BNO4/c1-6(13)12-5-7-4-8(11(15)16)2-3-9(7)10(12)14/h2-4,15-16H,5H2,1H3. The maximum Gasteiger partial charge on any atom is 0.488 e. The third-order valence-electron chi connectivity index (χ3n) is 2.61. The minimum absolute atomic E-state index is 0.198. The van der Waals surface area contributed by atoms with Crippen molar-refractivity contribution in [2.45, 2.75) is 13.5 Å². The van der Waals surface area contributed by atoms with Crippen molar-refractivity contribution in [1.29, 1.82) is 0 Å². The second-order valence-electron chi connectivity index (χ2n) is 3.70. The van der Waals surface area contributed by atoms with Gasteiger partial charge in [-0.2, -0.15) is 0 Å². The minimum Gasteiger partial charge on any atom is -0.423 e. The van der Waals surface area contributed by atoms with E-state index in [0.29, 0.717) is 16.6 Å². The van der Waals surface area contributed by atoms with Crippen molar-refractivity contribution >= 4 is 24.4 Å². The van der Waals surface area contributed by atoms with Gasteiger partial charge in [-0.15, -0.1) is 0 Å². The molecule has 0 saturated carbocycles. The highest BCUT2D eigenvalue weighted by molar-refractivity contribution is 6.58. The SMILES string of the molecule is CC(=O)N1Cc2cc(B(O)O)ccc2C1=O.